The maximum Gasteiger partial charge on any atom is 0.116 e. The van der Waals surface area contributed by atoms with Crippen LogP contribution in [0.4, 0.5) is 0 Å². The quantitative estimate of drug-likeness (QED) is 0.755. The molecule has 0 amide bonds. The Hall–Kier alpha value is -1.91. The van der Waals surface area contributed by atoms with E-state index >= 15 is 0 Å². The van der Waals surface area contributed by atoms with Crippen LogP contribution in [-0.2, 0) is 6.42 Å². The van der Waals surface area contributed by atoms with Crippen molar-refractivity contribution >= 4 is 10.9 Å². The Labute approximate surface area is 144 Å². The molecule has 2 heterocycles. The van der Waals surface area contributed by atoms with E-state index in [-0.39, 0.29) is 0 Å². The van der Waals surface area contributed by atoms with Crippen molar-refractivity contribution in [1.82, 2.24) is 10.3 Å². The van der Waals surface area contributed by atoms with Gasteiger partial charge in [0.2, 0.25) is 0 Å². The highest BCUT2D eigenvalue weighted by Gasteiger charge is 2.27. The molecule has 1 aromatic carbocycles. The molecule has 3 rings (SSSR count). The number of hydrogen-bond donors (Lipinski definition) is 3. The van der Waals surface area contributed by atoms with Gasteiger partial charge in [-0.25, -0.2) is 0 Å². The van der Waals surface area contributed by atoms with Crippen LogP contribution in [-0.4, -0.2) is 35.4 Å². The summed E-state index contributed by atoms with van der Waals surface area (Å²) in [5.74, 6) is 2.10. The highest BCUT2D eigenvalue weighted by molar-refractivity contribution is 5.83. The first-order valence-corrected chi connectivity index (χ1v) is 8.53. The van der Waals surface area contributed by atoms with Crippen molar-refractivity contribution in [2.24, 2.45) is 17.8 Å². The molecule has 0 radical (unpaired) electrons. The molecule has 1 aromatic heterocycles. The number of aliphatic hydroxyl groups excluding tert-OH is 1. The first kappa shape index (κ1) is 18.4. The smallest absolute Gasteiger partial charge is 0.116 e. The molecule has 1 aliphatic heterocycles. The van der Waals surface area contributed by atoms with Gasteiger partial charge in [-0.05, 0) is 67.0 Å². The van der Waals surface area contributed by atoms with Crippen LogP contribution in [0.3, 0.4) is 0 Å². The predicted octanol–water partition coefficient (Wildman–Crippen LogP) is 3.14. The number of aliphatic hydroxyl groups is 1. The van der Waals surface area contributed by atoms with E-state index in [9.17, 15) is 5.11 Å². The third-order valence-corrected chi connectivity index (χ3v) is 4.98. The van der Waals surface area contributed by atoms with Crippen molar-refractivity contribution in [1.29, 1.82) is 0 Å². The normalized spacial score (nSPS) is 21.6. The lowest BCUT2D eigenvalue weighted by molar-refractivity contribution is 0.219. The molecule has 3 N–H and O–H groups in total. The largest absolute Gasteiger partial charge is 0.508 e. The molecule has 2 aromatic rings. The maximum absolute atomic E-state index is 9.77. The number of rotatable bonds is 4. The van der Waals surface area contributed by atoms with Gasteiger partial charge in [0.05, 0.1) is 5.52 Å². The van der Waals surface area contributed by atoms with Gasteiger partial charge in [-0.15, -0.1) is 6.58 Å². The van der Waals surface area contributed by atoms with E-state index in [1.54, 1.807) is 6.07 Å². The molecule has 130 valence electrons. The molecular weight excluding hydrogens is 300 g/mol. The van der Waals surface area contributed by atoms with Crippen LogP contribution in [0.25, 0.3) is 10.9 Å². The summed E-state index contributed by atoms with van der Waals surface area (Å²) in [5.41, 5.74) is 2.22. The van der Waals surface area contributed by atoms with Gasteiger partial charge in [0.1, 0.15) is 5.75 Å². The van der Waals surface area contributed by atoms with Crippen LogP contribution in [0.2, 0.25) is 0 Å². The highest BCUT2D eigenvalue weighted by Crippen LogP contribution is 2.32. The zero-order chi connectivity index (χ0) is 17.5. The van der Waals surface area contributed by atoms with Crippen LogP contribution in [0.5, 0.6) is 5.75 Å². The van der Waals surface area contributed by atoms with Gasteiger partial charge in [-0.2, -0.15) is 0 Å². The predicted molar refractivity (Wildman–Crippen MR) is 99.1 cm³/mol. The molecule has 24 heavy (non-hydrogen) atoms. The summed E-state index contributed by atoms with van der Waals surface area (Å²) in [6.45, 7) is 8.47. The number of benzene rings is 1. The van der Waals surface area contributed by atoms with E-state index in [0.29, 0.717) is 23.5 Å². The molecule has 1 aliphatic rings. The minimum Gasteiger partial charge on any atom is -0.508 e. The number of phenols is 1. The van der Waals surface area contributed by atoms with Crippen molar-refractivity contribution < 1.29 is 10.2 Å². The number of nitrogens with one attached hydrogen (secondary N) is 1. The van der Waals surface area contributed by atoms with Crippen LogP contribution < -0.4 is 5.32 Å². The summed E-state index contributed by atoms with van der Waals surface area (Å²) in [5, 5.41) is 21.3. The second-order valence-corrected chi connectivity index (χ2v) is 6.41. The SMILES string of the molecule is C=CC1CNCCC1C(C)Cc1ccnc2ccc(O)cc12.CO. The number of aromatic hydroxyl groups is 1. The Morgan fingerprint density at radius 1 is 1.38 bits per heavy atom. The van der Waals surface area contributed by atoms with Crippen molar-refractivity contribution in [2.45, 2.75) is 19.8 Å². The van der Waals surface area contributed by atoms with Crippen molar-refractivity contribution in [3.05, 3.63) is 48.7 Å². The summed E-state index contributed by atoms with van der Waals surface area (Å²) >= 11 is 0. The molecule has 3 atom stereocenters. The number of phenolic OH excluding ortho intramolecular Hbond substituents is 1. The lowest BCUT2D eigenvalue weighted by atomic mass is 9.75. The first-order valence-electron chi connectivity index (χ1n) is 8.53. The average molecular weight is 328 g/mol. The Morgan fingerprint density at radius 3 is 2.92 bits per heavy atom. The Balaban J connectivity index is 0.00000100. The summed E-state index contributed by atoms with van der Waals surface area (Å²) in [6, 6.07) is 7.50. The van der Waals surface area contributed by atoms with Crippen molar-refractivity contribution in [2.75, 3.05) is 20.2 Å². The zero-order valence-corrected chi connectivity index (χ0v) is 14.6. The summed E-state index contributed by atoms with van der Waals surface area (Å²) in [7, 11) is 1.00. The van der Waals surface area contributed by atoms with Gasteiger partial charge >= 0.3 is 0 Å². The minimum absolute atomic E-state index is 0.306. The fourth-order valence-corrected chi connectivity index (χ4v) is 3.73. The lowest BCUT2D eigenvalue weighted by Crippen LogP contribution is -2.38. The fraction of sp³-hybridized carbons (Fsp3) is 0.450. The number of hydrogen-bond acceptors (Lipinski definition) is 4. The number of aromatic nitrogens is 1. The monoisotopic (exact) mass is 328 g/mol. The third-order valence-electron chi connectivity index (χ3n) is 4.98. The average Bonchev–Trinajstić information content (AvgIpc) is 2.63. The molecule has 1 fully saturated rings. The van der Waals surface area contributed by atoms with Gasteiger partial charge in [0.15, 0.2) is 0 Å². The number of piperidine rings is 1. The summed E-state index contributed by atoms with van der Waals surface area (Å²) in [6.07, 6.45) is 6.18. The molecule has 0 bridgehead atoms. The number of fused-ring (bicyclic) bond motifs is 1. The lowest BCUT2D eigenvalue weighted by Gasteiger charge is -2.34. The molecule has 3 unspecified atom stereocenters. The Kier molecular flexibility index (Phi) is 6.76. The van der Waals surface area contributed by atoms with E-state index < -0.39 is 0 Å². The van der Waals surface area contributed by atoms with Gasteiger partial charge in [0.25, 0.3) is 0 Å². The van der Waals surface area contributed by atoms with Gasteiger partial charge in [-0.1, -0.05) is 13.0 Å². The zero-order valence-electron chi connectivity index (χ0n) is 14.6. The highest BCUT2D eigenvalue weighted by atomic mass is 16.3. The van der Waals surface area contributed by atoms with Crippen molar-refractivity contribution in [3.63, 3.8) is 0 Å². The van der Waals surface area contributed by atoms with E-state index in [0.717, 1.165) is 37.5 Å². The van der Waals surface area contributed by atoms with Gasteiger partial charge in [0, 0.05) is 25.2 Å². The topological polar surface area (TPSA) is 65.4 Å². The standard InChI is InChI=1S/C19H24N2O.CH4O/c1-3-14-12-20-8-7-17(14)13(2)10-15-6-9-21-19-5-4-16(22)11-18(15)19;1-2/h3-6,9,11,13-14,17,20,22H,1,7-8,10,12H2,2H3;2H,1H3. The van der Waals surface area contributed by atoms with Crippen LogP contribution >= 0.6 is 0 Å². The molecular formula is C20H28N2O2. The number of pyridine rings is 1. The first-order chi connectivity index (χ1) is 11.7. The molecule has 1 saturated heterocycles. The van der Waals surface area contributed by atoms with Crippen LogP contribution in [0.1, 0.15) is 18.9 Å². The molecule has 0 spiro atoms. The minimum atomic E-state index is 0.306. The van der Waals surface area contributed by atoms with Crippen LogP contribution in [0, 0.1) is 17.8 Å². The molecule has 0 aliphatic carbocycles. The van der Waals surface area contributed by atoms with Gasteiger partial charge < -0.3 is 15.5 Å². The Bertz CT molecular complexity index is 672. The van der Waals surface area contributed by atoms with E-state index in [4.69, 9.17) is 5.11 Å². The van der Waals surface area contributed by atoms with Crippen molar-refractivity contribution in [3.8, 4) is 5.75 Å². The van der Waals surface area contributed by atoms with Crippen LogP contribution in [0.15, 0.2) is 43.1 Å². The molecule has 0 saturated carbocycles. The van der Waals surface area contributed by atoms with E-state index in [2.05, 4.69) is 35.9 Å². The molecule has 4 nitrogen and oxygen atoms in total. The number of nitrogens with zero attached hydrogens (tertiary/aromatic N) is 1. The van der Waals surface area contributed by atoms with Gasteiger partial charge in [-0.3, -0.25) is 4.98 Å². The third kappa shape index (κ3) is 4.13. The second-order valence-electron chi connectivity index (χ2n) is 6.41. The fourth-order valence-electron chi connectivity index (χ4n) is 3.73. The summed E-state index contributed by atoms with van der Waals surface area (Å²) < 4.78 is 0. The maximum atomic E-state index is 9.77. The molecule has 4 heteroatoms. The Morgan fingerprint density at radius 2 is 2.17 bits per heavy atom. The second kappa shape index (κ2) is 8.81. The van der Waals surface area contributed by atoms with E-state index in [1.807, 2.05) is 18.3 Å². The summed E-state index contributed by atoms with van der Waals surface area (Å²) in [4.78, 5) is 4.40. The van der Waals surface area contributed by atoms with E-state index in [1.165, 1.54) is 12.0 Å².